The van der Waals surface area contributed by atoms with E-state index in [4.69, 9.17) is 10.2 Å². The lowest BCUT2D eigenvalue weighted by Crippen LogP contribution is -3.12. The summed E-state index contributed by atoms with van der Waals surface area (Å²) in [4.78, 5) is 1.25. The van der Waals surface area contributed by atoms with Gasteiger partial charge in [-0.1, -0.05) is 0 Å². The van der Waals surface area contributed by atoms with Crippen LogP contribution in [0.3, 0.4) is 0 Å². The van der Waals surface area contributed by atoms with Gasteiger partial charge in [-0.3, -0.25) is 0 Å². The first-order chi connectivity index (χ1) is 4.35. The van der Waals surface area contributed by atoms with Gasteiger partial charge in [0.25, 0.3) is 0 Å². The molecule has 0 heterocycles. The molecule has 0 amide bonds. The van der Waals surface area contributed by atoms with Gasteiger partial charge in [-0.2, -0.15) is 0 Å². The van der Waals surface area contributed by atoms with Crippen molar-refractivity contribution >= 4 is 0 Å². The Morgan fingerprint density at radius 2 is 1.56 bits per heavy atom. The Morgan fingerprint density at radius 1 is 1.11 bits per heavy atom. The molecule has 0 rings (SSSR count). The highest BCUT2D eigenvalue weighted by Crippen LogP contribution is 1.51. The average molecular weight is 134 g/mol. The molecule has 0 aliphatic rings. The molecule has 0 aliphatic heterocycles. The topological polar surface area (TPSA) is 44.9 Å². The third kappa shape index (κ3) is 4.39. The zero-order valence-corrected chi connectivity index (χ0v) is 5.93. The van der Waals surface area contributed by atoms with Gasteiger partial charge >= 0.3 is 0 Å². The first-order valence-corrected chi connectivity index (χ1v) is 3.40. The Hall–Kier alpha value is -0.120. The van der Waals surface area contributed by atoms with Crippen molar-refractivity contribution in [1.82, 2.24) is 0 Å². The van der Waals surface area contributed by atoms with E-state index in [1.54, 1.807) is 0 Å². The largest absolute Gasteiger partial charge is 0.391 e. The van der Waals surface area contributed by atoms with Gasteiger partial charge in [-0.05, 0) is 6.92 Å². The molecule has 0 atom stereocenters. The Kier molecular flexibility index (Phi) is 5.93. The third-order valence-corrected chi connectivity index (χ3v) is 1.43. The molecule has 0 aromatic carbocycles. The molecule has 0 spiro atoms. The van der Waals surface area contributed by atoms with Gasteiger partial charge in [0.2, 0.25) is 0 Å². The van der Waals surface area contributed by atoms with E-state index in [-0.39, 0.29) is 13.2 Å². The fraction of sp³-hybridized carbons (Fsp3) is 1.00. The highest BCUT2D eigenvalue weighted by atomic mass is 16.3. The Balaban J connectivity index is 3.18. The zero-order chi connectivity index (χ0) is 7.11. The number of quaternary nitrogens is 1. The standard InChI is InChI=1S/C6H15NO2/c1-2-7(3-5-8)4-6-9/h8-9H,2-6H2,1H3/p+1. The molecule has 0 unspecified atom stereocenters. The van der Waals surface area contributed by atoms with Crippen molar-refractivity contribution in [1.29, 1.82) is 0 Å². The maximum absolute atomic E-state index is 8.49. The van der Waals surface area contributed by atoms with Gasteiger partial charge in [0.05, 0.1) is 19.8 Å². The van der Waals surface area contributed by atoms with E-state index < -0.39 is 0 Å². The van der Waals surface area contributed by atoms with Gasteiger partial charge in [0.15, 0.2) is 0 Å². The van der Waals surface area contributed by atoms with Crippen LogP contribution in [0.15, 0.2) is 0 Å². The minimum atomic E-state index is 0.211. The van der Waals surface area contributed by atoms with E-state index in [0.29, 0.717) is 0 Å². The van der Waals surface area contributed by atoms with Crippen LogP contribution >= 0.6 is 0 Å². The lowest BCUT2D eigenvalue weighted by molar-refractivity contribution is -0.898. The molecule has 0 saturated heterocycles. The molecule has 0 aliphatic carbocycles. The molecule has 56 valence electrons. The Bertz CT molecular complexity index is 53.0. The zero-order valence-electron chi connectivity index (χ0n) is 5.93. The second-order valence-electron chi connectivity index (χ2n) is 2.05. The fourth-order valence-electron chi connectivity index (χ4n) is 0.795. The van der Waals surface area contributed by atoms with Crippen LogP contribution in [-0.4, -0.2) is 43.1 Å². The van der Waals surface area contributed by atoms with E-state index in [2.05, 4.69) is 0 Å². The summed E-state index contributed by atoms with van der Waals surface area (Å²) >= 11 is 0. The summed E-state index contributed by atoms with van der Waals surface area (Å²) in [6.07, 6.45) is 0. The lowest BCUT2D eigenvalue weighted by Gasteiger charge is -2.13. The molecule has 9 heavy (non-hydrogen) atoms. The predicted octanol–water partition coefficient (Wildman–Crippen LogP) is -2.12. The number of hydrogen-bond acceptors (Lipinski definition) is 2. The van der Waals surface area contributed by atoms with Crippen LogP contribution in [0.4, 0.5) is 0 Å². The summed E-state index contributed by atoms with van der Waals surface area (Å²) < 4.78 is 0. The monoisotopic (exact) mass is 134 g/mol. The van der Waals surface area contributed by atoms with Crippen molar-refractivity contribution in [2.24, 2.45) is 0 Å². The molecule has 3 N–H and O–H groups in total. The van der Waals surface area contributed by atoms with Gasteiger partial charge in [-0.25, -0.2) is 0 Å². The van der Waals surface area contributed by atoms with Crippen molar-refractivity contribution in [2.75, 3.05) is 32.8 Å². The maximum Gasteiger partial charge on any atom is 0.101 e. The van der Waals surface area contributed by atoms with E-state index >= 15 is 0 Å². The maximum atomic E-state index is 8.49. The smallest absolute Gasteiger partial charge is 0.101 e. The predicted molar refractivity (Wildman–Crippen MR) is 35.4 cm³/mol. The molecular weight excluding hydrogens is 118 g/mol. The van der Waals surface area contributed by atoms with Crippen LogP contribution in [0.25, 0.3) is 0 Å². The Labute approximate surface area is 55.9 Å². The number of hydrogen-bond donors (Lipinski definition) is 3. The van der Waals surface area contributed by atoms with E-state index in [1.165, 1.54) is 4.90 Å². The molecule has 0 bridgehead atoms. The van der Waals surface area contributed by atoms with E-state index in [0.717, 1.165) is 19.6 Å². The summed E-state index contributed by atoms with van der Waals surface area (Å²) in [6, 6.07) is 0. The SMILES string of the molecule is CC[NH+](CCO)CCO. The molecule has 0 saturated carbocycles. The van der Waals surface area contributed by atoms with Crippen LogP contribution in [0, 0.1) is 0 Å². The van der Waals surface area contributed by atoms with E-state index in [9.17, 15) is 0 Å². The molecule has 0 fully saturated rings. The third-order valence-electron chi connectivity index (χ3n) is 1.43. The number of aliphatic hydroxyl groups is 2. The average Bonchev–Trinajstić information content (AvgIpc) is 1.88. The minimum absolute atomic E-state index is 0.211. The summed E-state index contributed by atoms with van der Waals surface area (Å²) in [7, 11) is 0. The molecular formula is C6H16NO2+. The minimum Gasteiger partial charge on any atom is -0.391 e. The summed E-state index contributed by atoms with van der Waals surface area (Å²) in [5.41, 5.74) is 0. The van der Waals surface area contributed by atoms with Gasteiger partial charge < -0.3 is 15.1 Å². The number of rotatable bonds is 5. The fourth-order valence-corrected chi connectivity index (χ4v) is 0.795. The summed E-state index contributed by atoms with van der Waals surface area (Å²) in [5, 5.41) is 17.0. The first-order valence-electron chi connectivity index (χ1n) is 3.40. The van der Waals surface area contributed by atoms with Crippen LogP contribution in [-0.2, 0) is 0 Å². The number of nitrogens with one attached hydrogen (secondary N) is 1. The molecule has 0 radical (unpaired) electrons. The second kappa shape index (κ2) is 6.01. The van der Waals surface area contributed by atoms with E-state index in [1.807, 2.05) is 6.92 Å². The van der Waals surface area contributed by atoms with Crippen molar-refractivity contribution in [3.8, 4) is 0 Å². The van der Waals surface area contributed by atoms with Crippen molar-refractivity contribution < 1.29 is 15.1 Å². The lowest BCUT2D eigenvalue weighted by atomic mass is 10.5. The number of likely N-dealkylation sites (N-methyl/N-ethyl adjacent to an activating group) is 1. The van der Waals surface area contributed by atoms with Gasteiger partial charge in [0, 0.05) is 0 Å². The molecule has 0 aromatic rings. The normalized spacial score (nSPS) is 10.7. The highest BCUT2D eigenvalue weighted by Gasteiger charge is 2.00. The summed E-state index contributed by atoms with van der Waals surface area (Å²) in [5.74, 6) is 0. The van der Waals surface area contributed by atoms with Gasteiger partial charge in [-0.15, -0.1) is 0 Å². The van der Waals surface area contributed by atoms with Crippen molar-refractivity contribution in [3.63, 3.8) is 0 Å². The number of aliphatic hydroxyl groups excluding tert-OH is 2. The van der Waals surface area contributed by atoms with Crippen LogP contribution in [0.5, 0.6) is 0 Å². The summed E-state index contributed by atoms with van der Waals surface area (Å²) in [6.45, 7) is 4.93. The van der Waals surface area contributed by atoms with Crippen molar-refractivity contribution in [3.05, 3.63) is 0 Å². The molecule has 0 aromatic heterocycles. The van der Waals surface area contributed by atoms with Gasteiger partial charge in [0.1, 0.15) is 13.1 Å². The second-order valence-corrected chi connectivity index (χ2v) is 2.05. The van der Waals surface area contributed by atoms with Crippen LogP contribution in [0.1, 0.15) is 6.92 Å². The van der Waals surface area contributed by atoms with Crippen LogP contribution < -0.4 is 4.90 Å². The highest BCUT2D eigenvalue weighted by molar-refractivity contribution is 4.24. The van der Waals surface area contributed by atoms with Crippen molar-refractivity contribution in [2.45, 2.75) is 6.92 Å². The molecule has 3 heteroatoms. The molecule has 3 nitrogen and oxygen atoms in total. The van der Waals surface area contributed by atoms with Crippen LogP contribution in [0.2, 0.25) is 0 Å². The first kappa shape index (κ1) is 8.88. The quantitative estimate of drug-likeness (QED) is 0.402. The Morgan fingerprint density at radius 3 is 1.78 bits per heavy atom.